The molecule has 0 bridgehead atoms. The van der Waals surface area contributed by atoms with Crippen molar-refractivity contribution in [2.45, 2.75) is 68.2 Å². The molecule has 1 aromatic heterocycles. The van der Waals surface area contributed by atoms with Gasteiger partial charge < -0.3 is 4.74 Å². The highest BCUT2D eigenvalue weighted by molar-refractivity contribution is 6.07. The van der Waals surface area contributed by atoms with Gasteiger partial charge in [-0.1, -0.05) is 58.4 Å². The Kier molecular flexibility index (Phi) is 5.28. The summed E-state index contributed by atoms with van der Waals surface area (Å²) < 4.78 is 9.25. The van der Waals surface area contributed by atoms with Crippen LogP contribution in [-0.2, 0) is 19.9 Å². The number of pyridine rings is 1. The van der Waals surface area contributed by atoms with E-state index < -0.39 is 0 Å². The Balaban J connectivity index is 1.94. The molecule has 2 heteroatoms. The Labute approximate surface area is 204 Å². The molecule has 176 valence electrons. The van der Waals surface area contributed by atoms with Crippen LogP contribution in [-0.4, -0.2) is 0 Å². The molecule has 2 heterocycles. The van der Waals surface area contributed by atoms with Crippen LogP contribution in [0.2, 0.25) is 0 Å². The molecular formula is C32H38NO+. The van der Waals surface area contributed by atoms with Crippen LogP contribution in [0, 0.1) is 32.1 Å². The molecule has 0 N–H and O–H groups in total. The zero-order chi connectivity index (χ0) is 24.5. The van der Waals surface area contributed by atoms with Crippen molar-refractivity contribution < 1.29 is 9.30 Å². The number of aromatic nitrogens is 1. The molecule has 1 aliphatic heterocycles. The Morgan fingerprint density at radius 1 is 0.971 bits per heavy atom. The van der Waals surface area contributed by atoms with Crippen LogP contribution in [0.15, 0.2) is 36.5 Å². The maximum absolute atomic E-state index is 6.96. The summed E-state index contributed by atoms with van der Waals surface area (Å²) >= 11 is 0. The normalized spacial score (nSPS) is 13.0. The lowest BCUT2D eigenvalue weighted by molar-refractivity contribution is -0.659. The molecule has 1 aliphatic rings. The lowest BCUT2D eigenvalue weighted by Crippen LogP contribution is -2.32. The fraction of sp³-hybridized carbons (Fsp3) is 0.406. The molecule has 3 aromatic carbocycles. The van der Waals surface area contributed by atoms with E-state index >= 15 is 0 Å². The van der Waals surface area contributed by atoms with E-state index in [1.165, 1.54) is 60.6 Å². The van der Waals surface area contributed by atoms with E-state index in [2.05, 4.69) is 104 Å². The predicted octanol–water partition coefficient (Wildman–Crippen LogP) is 8.30. The first-order valence-corrected chi connectivity index (χ1v) is 12.6. The van der Waals surface area contributed by atoms with Crippen molar-refractivity contribution in [3.8, 4) is 22.8 Å². The molecule has 0 fully saturated rings. The predicted molar refractivity (Wildman–Crippen MR) is 144 cm³/mol. The quantitative estimate of drug-likeness (QED) is 0.251. The molecule has 0 saturated heterocycles. The van der Waals surface area contributed by atoms with E-state index in [9.17, 15) is 0 Å². The van der Waals surface area contributed by atoms with Crippen LogP contribution in [0.5, 0.6) is 11.5 Å². The van der Waals surface area contributed by atoms with Gasteiger partial charge in [0.15, 0.2) is 6.20 Å². The SMILES string of the molecule is Cc1cc(C)c2c(CC(C)(C)C)c3c(c(C)c2c1)-c1c2c(cc(CC(C)C)cc2cc[n+]1C)O3. The van der Waals surface area contributed by atoms with Gasteiger partial charge in [0.1, 0.15) is 18.5 Å². The highest BCUT2D eigenvalue weighted by atomic mass is 16.5. The minimum Gasteiger partial charge on any atom is -0.455 e. The van der Waals surface area contributed by atoms with Crippen LogP contribution in [0.1, 0.15) is 62.4 Å². The summed E-state index contributed by atoms with van der Waals surface area (Å²) in [5, 5.41) is 5.23. The summed E-state index contributed by atoms with van der Waals surface area (Å²) in [6.07, 6.45) is 4.24. The van der Waals surface area contributed by atoms with Crippen LogP contribution in [0.25, 0.3) is 32.8 Å². The smallest absolute Gasteiger partial charge is 0.228 e. The average molecular weight is 453 g/mol. The summed E-state index contributed by atoms with van der Waals surface area (Å²) in [6.45, 7) is 18.3. The molecule has 0 amide bonds. The first-order valence-electron chi connectivity index (χ1n) is 12.6. The third-order valence-electron chi connectivity index (χ3n) is 7.12. The fourth-order valence-electron chi connectivity index (χ4n) is 5.94. The largest absolute Gasteiger partial charge is 0.455 e. The second-order valence-corrected chi connectivity index (χ2v) is 12.1. The molecule has 0 atom stereocenters. The molecule has 5 rings (SSSR count). The number of rotatable bonds is 3. The van der Waals surface area contributed by atoms with E-state index in [4.69, 9.17) is 4.74 Å². The molecule has 2 nitrogen and oxygen atoms in total. The molecule has 34 heavy (non-hydrogen) atoms. The number of aryl methyl sites for hydroxylation is 4. The van der Waals surface area contributed by atoms with E-state index in [-0.39, 0.29) is 5.41 Å². The van der Waals surface area contributed by atoms with E-state index in [1.807, 2.05) is 0 Å². The molecule has 4 aromatic rings. The van der Waals surface area contributed by atoms with Gasteiger partial charge >= 0.3 is 0 Å². The third kappa shape index (κ3) is 3.68. The van der Waals surface area contributed by atoms with Crippen molar-refractivity contribution in [2.24, 2.45) is 18.4 Å². The van der Waals surface area contributed by atoms with Gasteiger partial charge in [-0.15, -0.1) is 0 Å². The maximum atomic E-state index is 6.96. The molecule has 0 unspecified atom stereocenters. The maximum Gasteiger partial charge on any atom is 0.228 e. The van der Waals surface area contributed by atoms with Gasteiger partial charge in [-0.3, -0.25) is 0 Å². The van der Waals surface area contributed by atoms with Crippen LogP contribution >= 0.6 is 0 Å². The minimum atomic E-state index is 0.143. The zero-order valence-electron chi connectivity index (χ0n) is 22.3. The van der Waals surface area contributed by atoms with Crippen LogP contribution in [0.4, 0.5) is 0 Å². The van der Waals surface area contributed by atoms with Crippen LogP contribution < -0.4 is 9.30 Å². The van der Waals surface area contributed by atoms with Crippen molar-refractivity contribution in [1.82, 2.24) is 0 Å². The fourth-order valence-corrected chi connectivity index (χ4v) is 5.94. The zero-order valence-corrected chi connectivity index (χ0v) is 22.3. The van der Waals surface area contributed by atoms with Gasteiger partial charge in [0, 0.05) is 11.6 Å². The number of hydrogen-bond donors (Lipinski definition) is 0. The molecule has 0 saturated carbocycles. The van der Waals surface area contributed by atoms with Gasteiger partial charge in [0.2, 0.25) is 5.69 Å². The van der Waals surface area contributed by atoms with E-state index in [0.717, 1.165) is 24.3 Å². The van der Waals surface area contributed by atoms with Crippen molar-refractivity contribution in [1.29, 1.82) is 0 Å². The lowest BCUT2D eigenvalue weighted by atomic mass is 9.80. The summed E-state index contributed by atoms with van der Waals surface area (Å²) in [7, 11) is 2.17. The first kappa shape index (κ1) is 22.9. The Morgan fingerprint density at radius 3 is 2.38 bits per heavy atom. The second kappa shape index (κ2) is 7.83. The summed E-state index contributed by atoms with van der Waals surface area (Å²) in [4.78, 5) is 0. The van der Waals surface area contributed by atoms with Crippen LogP contribution in [0.3, 0.4) is 0 Å². The summed E-state index contributed by atoms with van der Waals surface area (Å²) in [6, 6.07) is 11.6. The molecule has 0 spiro atoms. The third-order valence-corrected chi connectivity index (χ3v) is 7.12. The standard InChI is InChI=1S/C32H38NO/c1-18(2)12-22-15-23-10-11-33(9)30-28-21(5)24-14-19(3)13-20(4)27(24)25(17-32(6,7)8)31(28)34-26(16-22)29(23)30/h10-11,13-16,18H,12,17H2,1-9H3/q+1. The van der Waals surface area contributed by atoms with Crippen molar-refractivity contribution in [3.63, 3.8) is 0 Å². The van der Waals surface area contributed by atoms with Crippen molar-refractivity contribution in [2.75, 3.05) is 0 Å². The number of benzene rings is 3. The minimum absolute atomic E-state index is 0.143. The number of fused-ring (bicyclic) bond motifs is 3. The molecular weight excluding hydrogens is 414 g/mol. The highest BCUT2D eigenvalue weighted by Gasteiger charge is 2.34. The first-order chi connectivity index (χ1) is 15.9. The van der Waals surface area contributed by atoms with Gasteiger partial charge in [-0.2, -0.15) is 0 Å². The summed E-state index contributed by atoms with van der Waals surface area (Å²) in [5.41, 5.74) is 9.34. The Bertz CT molecular complexity index is 1470. The van der Waals surface area contributed by atoms with Gasteiger partial charge in [-0.05, 0) is 83.9 Å². The summed E-state index contributed by atoms with van der Waals surface area (Å²) in [5.74, 6) is 2.67. The molecule has 0 aliphatic carbocycles. The number of nitrogens with zero attached hydrogens (tertiary/aromatic N) is 1. The van der Waals surface area contributed by atoms with Crippen molar-refractivity contribution in [3.05, 3.63) is 64.3 Å². The Morgan fingerprint density at radius 2 is 1.71 bits per heavy atom. The van der Waals surface area contributed by atoms with E-state index in [1.54, 1.807) is 0 Å². The number of ether oxygens (including phenoxy) is 1. The van der Waals surface area contributed by atoms with Gasteiger partial charge in [-0.25, -0.2) is 4.57 Å². The monoisotopic (exact) mass is 452 g/mol. The second-order valence-electron chi connectivity index (χ2n) is 12.1. The number of hydrogen-bond acceptors (Lipinski definition) is 1. The van der Waals surface area contributed by atoms with E-state index in [0.29, 0.717) is 5.92 Å². The highest BCUT2D eigenvalue weighted by Crippen LogP contribution is 2.52. The topological polar surface area (TPSA) is 13.1 Å². The van der Waals surface area contributed by atoms with Crippen molar-refractivity contribution >= 4 is 21.5 Å². The van der Waals surface area contributed by atoms with Gasteiger partial charge in [0.25, 0.3) is 0 Å². The van der Waals surface area contributed by atoms with Gasteiger partial charge in [0.05, 0.1) is 10.9 Å². The Hall–Kier alpha value is -2.87. The molecule has 0 radical (unpaired) electrons. The average Bonchev–Trinajstić information content (AvgIpc) is 2.71. The lowest BCUT2D eigenvalue weighted by Gasteiger charge is -2.29.